The van der Waals surface area contributed by atoms with E-state index < -0.39 is 39.7 Å². The Morgan fingerprint density at radius 1 is 1.03 bits per heavy atom. The molecule has 0 bridgehead atoms. The third-order valence-corrected chi connectivity index (χ3v) is 6.37. The molecule has 1 aliphatic rings. The Morgan fingerprint density at radius 3 is 2.53 bits per heavy atom. The van der Waals surface area contributed by atoms with Crippen LogP contribution in [-0.4, -0.2) is 22.5 Å². The van der Waals surface area contributed by atoms with Gasteiger partial charge in [0, 0.05) is 5.56 Å². The Hall–Kier alpha value is -3.25. The van der Waals surface area contributed by atoms with Crippen LogP contribution < -0.4 is 5.32 Å². The lowest BCUT2D eigenvalue weighted by Crippen LogP contribution is -2.26. The highest BCUT2D eigenvalue weighted by Crippen LogP contribution is 2.36. The van der Waals surface area contributed by atoms with Crippen molar-refractivity contribution >= 4 is 40.7 Å². The second-order valence-corrected chi connectivity index (χ2v) is 9.14. The summed E-state index contributed by atoms with van der Waals surface area (Å²) in [6.07, 6.45) is -7.89. The average molecular weight is 546 g/mol. The van der Waals surface area contributed by atoms with E-state index in [2.05, 4.69) is 15.5 Å². The van der Waals surface area contributed by atoms with Gasteiger partial charge in [-0.1, -0.05) is 41.6 Å². The fraction of sp³-hybridized carbons (Fsp3) is 0.174. The molecule has 1 N–H and O–H groups in total. The number of alkyl halides is 6. The molecule has 0 saturated carbocycles. The SMILES string of the molecule is O=C1N/C(=N\N=C\c2ccc(-c3cccc(C(F)(F)F)c3)o2)SC1Cc1ccc(Cl)c(C(F)(F)F)c1. The summed E-state index contributed by atoms with van der Waals surface area (Å²) in [7, 11) is 0. The number of nitrogens with one attached hydrogen (secondary N) is 1. The third-order valence-electron chi connectivity index (χ3n) is 4.97. The van der Waals surface area contributed by atoms with Gasteiger partial charge in [0.1, 0.15) is 11.5 Å². The normalized spacial score (nSPS) is 17.8. The van der Waals surface area contributed by atoms with Crippen molar-refractivity contribution in [3.63, 3.8) is 0 Å². The average Bonchev–Trinajstić information content (AvgIpc) is 3.40. The van der Waals surface area contributed by atoms with Crippen LogP contribution in [0.15, 0.2) is 69.2 Å². The zero-order valence-corrected chi connectivity index (χ0v) is 19.4. The molecule has 0 spiro atoms. The fourth-order valence-corrected chi connectivity index (χ4v) is 4.47. The predicted octanol–water partition coefficient (Wildman–Crippen LogP) is 6.80. The van der Waals surface area contributed by atoms with Crippen LogP contribution in [0.2, 0.25) is 5.02 Å². The van der Waals surface area contributed by atoms with Crippen LogP contribution in [0.4, 0.5) is 26.3 Å². The van der Waals surface area contributed by atoms with Gasteiger partial charge in [0.05, 0.1) is 27.6 Å². The third kappa shape index (κ3) is 6.11. The number of carbonyl (C=O) groups excluding carboxylic acids is 1. The van der Waals surface area contributed by atoms with Gasteiger partial charge in [-0.05, 0) is 48.4 Å². The summed E-state index contributed by atoms with van der Waals surface area (Å²) < 4.78 is 83.4. The molecule has 1 atom stereocenters. The van der Waals surface area contributed by atoms with Gasteiger partial charge in [0.15, 0.2) is 5.17 Å². The Kier molecular flexibility index (Phi) is 7.19. The van der Waals surface area contributed by atoms with Crippen molar-refractivity contribution in [2.45, 2.75) is 24.0 Å². The molecule has 36 heavy (non-hydrogen) atoms. The van der Waals surface area contributed by atoms with Crippen molar-refractivity contribution in [2.75, 3.05) is 0 Å². The molecular weight excluding hydrogens is 532 g/mol. The fourth-order valence-electron chi connectivity index (χ4n) is 3.28. The monoisotopic (exact) mass is 545 g/mol. The molecule has 0 radical (unpaired) electrons. The molecule has 188 valence electrons. The van der Waals surface area contributed by atoms with Crippen molar-refractivity contribution in [3.8, 4) is 11.3 Å². The molecule has 5 nitrogen and oxygen atoms in total. The number of halogens is 7. The number of hydrogen-bond acceptors (Lipinski definition) is 5. The molecule has 1 saturated heterocycles. The van der Waals surface area contributed by atoms with Gasteiger partial charge in [-0.3, -0.25) is 4.79 Å². The molecule has 1 unspecified atom stereocenters. The molecule has 1 aromatic heterocycles. The van der Waals surface area contributed by atoms with Crippen LogP contribution >= 0.6 is 23.4 Å². The number of rotatable bonds is 5. The molecule has 4 rings (SSSR count). The lowest BCUT2D eigenvalue weighted by molar-refractivity contribution is -0.138. The van der Waals surface area contributed by atoms with Gasteiger partial charge in [0.25, 0.3) is 0 Å². The number of furan rings is 1. The Labute approximate surface area is 209 Å². The smallest absolute Gasteiger partial charge is 0.417 e. The number of carbonyl (C=O) groups is 1. The molecule has 2 heterocycles. The lowest BCUT2D eigenvalue weighted by atomic mass is 10.1. The number of thioether (sulfide) groups is 1. The van der Waals surface area contributed by atoms with E-state index in [1.165, 1.54) is 36.5 Å². The maximum Gasteiger partial charge on any atom is 0.417 e. The minimum Gasteiger partial charge on any atom is -0.455 e. The van der Waals surface area contributed by atoms with Gasteiger partial charge >= 0.3 is 12.4 Å². The summed E-state index contributed by atoms with van der Waals surface area (Å²) in [6.45, 7) is 0. The number of nitrogens with zero attached hydrogens (tertiary/aromatic N) is 2. The Morgan fingerprint density at radius 2 is 1.81 bits per heavy atom. The van der Waals surface area contributed by atoms with E-state index in [0.717, 1.165) is 36.0 Å². The van der Waals surface area contributed by atoms with Gasteiger partial charge in [-0.15, -0.1) is 5.10 Å². The molecule has 1 fully saturated rings. The van der Waals surface area contributed by atoms with Crippen LogP contribution in [0.3, 0.4) is 0 Å². The predicted molar refractivity (Wildman–Crippen MR) is 124 cm³/mol. The zero-order chi connectivity index (χ0) is 26.1. The van der Waals surface area contributed by atoms with Crippen molar-refractivity contribution in [1.82, 2.24) is 5.32 Å². The van der Waals surface area contributed by atoms with E-state index >= 15 is 0 Å². The van der Waals surface area contributed by atoms with E-state index in [1.54, 1.807) is 0 Å². The van der Waals surface area contributed by atoms with E-state index in [-0.39, 0.29) is 34.2 Å². The Balaban J connectivity index is 1.41. The minimum atomic E-state index is -4.62. The van der Waals surface area contributed by atoms with E-state index in [1.807, 2.05) is 0 Å². The first-order valence-corrected chi connectivity index (χ1v) is 11.4. The van der Waals surface area contributed by atoms with Crippen molar-refractivity contribution in [3.05, 3.63) is 82.1 Å². The Bertz CT molecular complexity index is 1350. The second kappa shape index (κ2) is 10.0. The summed E-state index contributed by atoms with van der Waals surface area (Å²) in [5.41, 5.74) is -1.28. The van der Waals surface area contributed by atoms with Crippen LogP contribution in [0, 0.1) is 0 Å². The number of benzene rings is 2. The maximum absolute atomic E-state index is 13.1. The molecule has 1 aliphatic heterocycles. The highest BCUT2D eigenvalue weighted by Gasteiger charge is 2.35. The van der Waals surface area contributed by atoms with Crippen LogP contribution in [0.25, 0.3) is 11.3 Å². The highest BCUT2D eigenvalue weighted by molar-refractivity contribution is 8.15. The lowest BCUT2D eigenvalue weighted by Gasteiger charge is -2.12. The molecule has 3 aromatic rings. The molecule has 0 aliphatic carbocycles. The van der Waals surface area contributed by atoms with Gasteiger partial charge < -0.3 is 9.73 Å². The first kappa shape index (κ1) is 25.8. The van der Waals surface area contributed by atoms with Gasteiger partial charge in [0.2, 0.25) is 5.91 Å². The molecule has 1 amide bonds. The maximum atomic E-state index is 13.1. The van der Waals surface area contributed by atoms with Crippen molar-refractivity contribution in [2.24, 2.45) is 10.2 Å². The second-order valence-electron chi connectivity index (χ2n) is 7.54. The van der Waals surface area contributed by atoms with Crippen molar-refractivity contribution in [1.29, 1.82) is 0 Å². The summed E-state index contributed by atoms with van der Waals surface area (Å²) >= 11 is 6.62. The van der Waals surface area contributed by atoms with E-state index in [9.17, 15) is 31.1 Å². The summed E-state index contributed by atoms with van der Waals surface area (Å²) in [4.78, 5) is 12.2. The first-order chi connectivity index (χ1) is 16.9. The van der Waals surface area contributed by atoms with Gasteiger partial charge in [-0.2, -0.15) is 31.4 Å². The summed E-state index contributed by atoms with van der Waals surface area (Å²) in [5.74, 6) is -0.0410. The van der Waals surface area contributed by atoms with E-state index in [4.69, 9.17) is 16.0 Å². The zero-order valence-electron chi connectivity index (χ0n) is 17.8. The molecule has 13 heteroatoms. The summed E-state index contributed by atoms with van der Waals surface area (Å²) in [6, 6.07) is 11.1. The molecular formula is C23H14ClF6N3O2S. The number of amidine groups is 1. The first-order valence-electron chi connectivity index (χ1n) is 10.1. The van der Waals surface area contributed by atoms with Crippen molar-refractivity contribution < 1.29 is 35.6 Å². The summed E-state index contributed by atoms with van der Waals surface area (Å²) in [5, 5.41) is 9.15. The highest BCUT2D eigenvalue weighted by atomic mass is 35.5. The largest absolute Gasteiger partial charge is 0.455 e. The topological polar surface area (TPSA) is 67.0 Å². The van der Waals surface area contributed by atoms with Crippen LogP contribution in [-0.2, 0) is 23.6 Å². The van der Waals surface area contributed by atoms with Crippen LogP contribution in [0.1, 0.15) is 22.5 Å². The number of amides is 1. The van der Waals surface area contributed by atoms with Gasteiger partial charge in [-0.25, -0.2) is 0 Å². The number of hydrogen-bond donors (Lipinski definition) is 1. The molecule has 2 aromatic carbocycles. The van der Waals surface area contributed by atoms with Crippen LogP contribution in [0.5, 0.6) is 0 Å². The van der Waals surface area contributed by atoms with E-state index in [0.29, 0.717) is 0 Å². The minimum absolute atomic E-state index is 0.0119. The standard InChI is InChI=1S/C23H14ClF6N3O2S/c24-17-6-4-12(8-16(17)23(28,29)30)9-19-20(34)32-21(36-19)33-31-11-15-5-7-18(35-15)13-2-1-3-14(10-13)22(25,26)27/h1-8,10-11,19H,9H2,(H,32,33,34)/b31-11+. The quantitative estimate of drug-likeness (QED) is 0.218.